The minimum atomic E-state index is -0.699. The Bertz CT molecular complexity index is 138. The Balaban J connectivity index is 3.38. The highest BCUT2D eigenvalue weighted by Crippen LogP contribution is 2.05. The zero-order valence-corrected chi connectivity index (χ0v) is 7.21. The van der Waals surface area contributed by atoms with E-state index in [9.17, 15) is 4.79 Å². The maximum absolute atomic E-state index is 10.3. The van der Waals surface area contributed by atoms with Gasteiger partial charge >= 0.3 is 5.97 Å². The summed E-state index contributed by atoms with van der Waals surface area (Å²) in [5, 5.41) is 8.51. The van der Waals surface area contributed by atoms with E-state index < -0.39 is 5.97 Å². The van der Waals surface area contributed by atoms with E-state index in [1.807, 2.05) is 6.08 Å². The zero-order chi connectivity index (χ0) is 8.69. The molecule has 64 valence electrons. The highest BCUT2D eigenvalue weighted by atomic mass is 16.4. The van der Waals surface area contributed by atoms with Gasteiger partial charge in [-0.05, 0) is 19.3 Å². The van der Waals surface area contributed by atoms with Gasteiger partial charge in [0.1, 0.15) is 0 Å². The highest BCUT2D eigenvalue weighted by molar-refractivity contribution is 5.69. The molecular weight excluding hydrogens is 140 g/mol. The Labute approximate surface area is 67.9 Å². The molecule has 1 unspecified atom stereocenters. The maximum atomic E-state index is 10.3. The van der Waals surface area contributed by atoms with E-state index in [-0.39, 0.29) is 5.92 Å². The van der Waals surface area contributed by atoms with Crippen molar-refractivity contribution in [2.75, 3.05) is 0 Å². The average Bonchev–Trinajstić information content (AvgIpc) is 1.97. The van der Waals surface area contributed by atoms with Crippen LogP contribution < -0.4 is 0 Å². The number of carboxylic acid groups (broad SMARTS) is 1. The van der Waals surface area contributed by atoms with Gasteiger partial charge in [0.2, 0.25) is 0 Å². The fourth-order valence-electron chi connectivity index (χ4n) is 0.754. The second-order valence-corrected chi connectivity index (χ2v) is 2.70. The Morgan fingerprint density at radius 3 is 2.64 bits per heavy atom. The number of carboxylic acids is 1. The van der Waals surface area contributed by atoms with Crippen molar-refractivity contribution in [3.63, 3.8) is 0 Å². The van der Waals surface area contributed by atoms with Crippen LogP contribution in [-0.2, 0) is 4.79 Å². The van der Waals surface area contributed by atoms with Crippen molar-refractivity contribution in [1.29, 1.82) is 0 Å². The van der Waals surface area contributed by atoms with Crippen LogP contribution >= 0.6 is 0 Å². The van der Waals surface area contributed by atoms with Crippen LogP contribution in [0, 0.1) is 5.92 Å². The molecule has 0 rings (SSSR count). The van der Waals surface area contributed by atoms with Crippen LogP contribution in [0.3, 0.4) is 0 Å². The topological polar surface area (TPSA) is 37.3 Å². The van der Waals surface area contributed by atoms with Gasteiger partial charge in [-0.1, -0.05) is 26.0 Å². The predicted molar refractivity (Wildman–Crippen MR) is 45.5 cm³/mol. The van der Waals surface area contributed by atoms with Gasteiger partial charge in [-0.25, -0.2) is 0 Å². The van der Waals surface area contributed by atoms with E-state index in [0.29, 0.717) is 0 Å². The normalized spacial score (nSPS) is 13.6. The van der Waals surface area contributed by atoms with E-state index in [0.717, 1.165) is 19.3 Å². The minimum Gasteiger partial charge on any atom is -0.481 e. The van der Waals surface area contributed by atoms with Crippen molar-refractivity contribution in [1.82, 2.24) is 0 Å². The molecule has 0 amide bonds. The largest absolute Gasteiger partial charge is 0.481 e. The zero-order valence-electron chi connectivity index (χ0n) is 7.21. The lowest BCUT2D eigenvalue weighted by Gasteiger charge is -2.01. The van der Waals surface area contributed by atoms with E-state index in [2.05, 4.69) is 13.0 Å². The van der Waals surface area contributed by atoms with Crippen LogP contribution in [0.4, 0.5) is 0 Å². The molecular formula is C9H16O2. The lowest BCUT2D eigenvalue weighted by molar-refractivity contribution is -0.141. The summed E-state index contributed by atoms with van der Waals surface area (Å²) in [6.45, 7) is 3.80. The molecule has 0 aromatic carbocycles. The van der Waals surface area contributed by atoms with Crippen LogP contribution in [0.1, 0.15) is 33.1 Å². The van der Waals surface area contributed by atoms with Crippen molar-refractivity contribution < 1.29 is 9.90 Å². The average molecular weight is 156 g/mol. The van der Waals surface area contributed by atoms with Crippen molar-refractivity contribution in [2.45, 2.75) is 33.1 Å². The Morgan fingerprint density at radius 2 is 2.18 bits per heavy atom. The fourth-order valence-corrected chi connectivity index (χ4v) is 0.754. The lowest BCUT2D eigenvalue weighted by atomic mass is 10.1. The van der Waals surface area contributed by atoms with Gasteiger partial charge in [0.25, 0.3) is 0 Å². The first kappa shape index (κ1) is 10.2. The van der Waals surface area contributed by atoms with Crippen LogP contribution in [0.5, 0.6) is 0 Å². The van der Waals surface area contributed by atoms with Gasteiger partial charge in [-0.2, -0.15) is 0 Å². The number of hydrogen-bond acceptors (Lipinski definition) is 1. The second-order valence-electron chi connectivity index (χ2n) is 2.70. The van der Waals surface area contributed by atoms with Gasteiger partial charge < -0.3 is 5.11 Å². The number of aliphatic carboxylic acids is 1. The molecule has 0 aliphatic carbocycles. The molecule has 11 heavy (non-hydrogen) atoms. The fraction of sp³-hybridized carbons (Fsp3) is 0.667. The quantitative estimate of drug-likeness (QED) is 0.621. The molecule has 1 N–H and O–H groups in total. The summed E-state index contributed by atoms with van der Waals surface area (Å²) in [6, 6.07) is 0. The third-order valence-corrected chi connectivity index (χ3v) is 1.59. The van der Waals surface area contributed by atoms with Gasteiger partial charge in [0.15, 0.2) is 0 Å². The highest BCUT2D eigenvalue weighted by Gasteiger charge is 2.07. The van der Waals surface area contributed by atoms with Crippen molar-refractivity contribution in [3.8, 4) is 0 Å². The summed E-state index contributed by atoms with van der Waals surface area (Å²) in [4.78, 5) is 10.3. The van der Waals surface area contributed by atoms with Crippen LogP contribution in [0.2, 0.25) is 0 Å². The van der Waals surface area contributed by atoms with Crippen molar-refractivity contribution >= 4 is 5.97 Å². The summed E-state index contributed by atoms with van der Waals surface area (Å²) < 4.78 is 0. The second kappa shape index (κ2) is 5.96. The smallest absolute Gasteiger partial charge is 0.306 e. The van der Waals surface area contributed by atoms with E-state index in [1.54, 1.807) is 6.92 Å². The molecule has 0 saturated heterocycles. The van der Waals surface area contributed by atoms with Crippen LogP contribution in [0.25, 0.3) is 0 Å². The van der Waals surface area contributed by atoms with E-state index >= 15 is 0 Å². The standard InChI is InChI=1S/C9H16O2/c1-3-4-5-6-7-8(2)9(10)11/h4-5,8H,3,6-7H2,1-2H3,(H,10,11)/b5-4-. The van der Waals surface area contributed by atoms with Crippen LogP contribution in [-0.4, -0.2) is 11.1 Å². The number of rotatable bonds is 5. The summed E-state index contributed by atoms with van der Waals surface area (Å²) in [6.07, 6.45) is 6.75. The van der Waals surface area contributed by atoms with Crippen molar-refractivity contribution in [3.05, 3.63) is 12.2 Å². The number of carbonyl (C=O) groups is 1. The molecule has 0 fully saturated rings. The van der Waals surface area contributed by atoms with Gasteiger partial charge in [-0.15, -0.1) is 0 Å². The van der Waals surface area contributed by atoms with E-state index in [1.165, 1.54) is 0 Å². The summed E-state index contributed by atoms with van der Waals surface area (Å²) in [5.41, 5.74) is 0. The predicted octanol–water partition coefficient (Wildman–Crippen LogP) is 2.45. The van der Waals surface area contributed by atoms with Gasteiger partial charge in [0, 0.05) is 0 Å². The van der Waals surface area contributed by atoms with Crippen molar-refractivity contribution in [2.24, 2.45) is 5.92 Å². The van der Waals surface area contributed by atoms with Gasteiger partial charge in [0.05, 0.1) is 5.92 Å². The molecule has 0 aliphatic rings. The maximum Gasteiger partial charge on any atom is 0.306 e. The Hall–Kier alpha value is -0.790. The molecule has 1 atom stereocenters. The number of hydrogen-bond donors (Lipinski definition) is 1. The third-order valence-electron chi connectivity index (χ3n) is 1.59. The molecule has 0 heterocycles. The first-order valence-corrected chi connectivity index (χ1v) is 4.06. The summed E-state index contributed by atoms with van der Waals surface area (Å²) in [5.74, 6) is -0.911. The van der Waals surface area contributed by atoms with E-state index in [4.69, 9.17) is 5.11 Å². The molecule has 0 aromatic heterocycles. The first-order valence-electron chi connectivity index (χ1n) is 4.06. The summed E-state index contributed by atoms with van der Waals surface area (Å²) in [7, 11) is 0. The molecule has 0 spiro atoms. The molecule has 0 aliphatic heterocycles. The molecule has 0 saturated carbocycles. The SMILES string of the molecule is CC/C=C\CCC(C)C(=O)O. The number of allylic oxidation sites excluding steroid dienone is 2. The monoisotopic (exact) mass is 156 g/mol. The van der Waals surface area contributed by atoms with Gasteiger partial charge in [-0.3, -0.25) is 4.79 Å². The molecule has 0 bridgehead atoms. The Kier molecular flexibility index (Phi) is 5.53. The molecule has 0 radical (unpaired) electrons. The molecule has 2 heteroatoms. The summed E-state index contributed by atoms with van der Waals surface area (Å²) >= 11 is 0. The lowest BCUT2D eigenvalue weighted by Crippen LogP contribution is -2.08. The molecule has 2 nitrogen and oxygen atoms in total. The first-order chi connectivity index (χ1) is 5.18. The minimum absolute atomic E-state index is 0.212. The third kappa shape index (κ3) is 5.64. The van der Waals surface area contributed by atoms with Crippen LogP contribution in [0.15, 0.2) is 12.2 Å². The molecule has 0 aromatic rings. The Morgan fingerprint density at radius 1 is 1.55 bits per heavy atom.